The highest BCUT2D eigenvalue weighted by Gasteiger charge is 2.27. The lowest BCUT2D eigenvalue weighted by Crippen LogP contribution is -2.43. The van der Waals surface area contributed by atoms with E-state index >= 15 is 0 Å². The molecule has 0 bridgehead atoms. The molecule has 1 unspecified atom stereocenters. The molecule has 0 amide bonds. The lowest BCUT2D eigenvalue weighted by molar-refractivity contribution is 0.226. The summed E-state index contributed by atoms with van der Waals surface area (Å²) in [6, 6.07) is 5.03. The van der Waals surface area contributed by atoms with E-state index in [1.54, 1.807) is 0 Å². The summed E-state index contributed by atoms with van der Waals surface area (Å²) in [7, 11) is 0. The molecule has 114 valence electrons. The van der Waals surface area contributed by atoms with Gasteiger partial charge in [0.2, 0.25) is 0 Å². The van der Waals surface area contributed by atoms with Crippen LogP contribution in [0.5, 0.6) is 0 Å². The predicted molar refractivity (Wildman–Crippen MR) is 90.4 cm³/mol. The first-order valence-corrected chi connectivity index (χ1v) is 7.77. The van der Waals surface area contributed by atoms with Gasteiger partial charge in [0, 0.05) is 11.6 Å². The minimum Gasteiger partial charge on any atom is -0.305 e. The SMILES string of the molecule is Cc1cc(C)c(C(C)NC(C)(C)CC(C)(C)C)cc1C. The van der Waals surface area contributed by atoms with Crippen molar-refractivity contribution in [2.24, 2.45) is 5.41 Å². The van der Waals surface area contributed by atoms with Crippen molar-refractivity contribution in [2.75, 3.05) is 0 Å². The second kappa shape index (κ2) is 5.89. The third kappa shape index (κ3) is 4.94. The van der Waals surface area contributed by atoms with Gasteiger partial charge in [0.05, 0.1) is 0 Å². The van der Waals surface area contributed by atoms with Crippen LogP contribution >= 0.6 is 0 Å². The quantitative estimate of drug-likeness (QED) is 0.767. The van der Waals surface area contributed by atoms with Gasteiger partial charge in [-0.1, -0.05) is 32.9 Å². The van der Waals surface area contributed by atoms with Gasteiger partial charge in [0.15, 0.2) is 0 Å². The summed E-state index contributed by atoms with van der Waals surface area (Å²) in [6.45, 7) is 20.4. The highest BCUT2D eigenvalue weighted by Crippen LogP contribution is 2.30. The van der Waals surface area contributed by atoms with Crippen molar-refractivity contribution in [3.05, 3.63) is 34.4 Å². The average molecular weight is 275 g/mol. The third-order valence-electron chi connectivity index (χ3n) is 3.93. The van der Waals surface area contributed by atoms with Crippen LogP contribution < -0.4 is 5.32 Å². The van der Waals surface area contributed by atoms with Gasteiger partial charge in [-0.05, 0) is 75.6 Å². The van der Waals surface area contributed by atoms with E-state index in [1.165, 1.54) is 22.3 Å². The lowest BCUT2D eigenvalue weighted by Gasteiger charge is -2.36. The van der Waals surface area contributed by atoms with E-state index in [4.69, 9.17) is 0 Å². The molecule has 20 heavy (non-hydrogen) atoms. The Kier molecular flexibility index (Phi) is 5.08. The van der Waals surface area contributed by atoms with Gasteiger partial charge < -0.3 is 5.32 Å². The van der Waals surface area contributed by atoms with Crippen LogP contribution in [0.15, 0.2) is 12.1 Å². The highest BCUT2D eigenvalue weighted by molar-refractivity contribution is 5.38. The summed E-state index contributed by atoms with van der Waals surface area (Å²) in [5.74, 6) is 0. The first kappa shape index (κ1) is 17.2. The van der Waals surface area contributed by atoms with Gasteiger partial charge in [-0.2, -0.15) is 0 Å². The number of aryl methyl sites for hydroxylation is 3. The van der Waals surface area contributed by atoms with E-state index in [2.05, 4.69) is 79.8 Å². The van der Waals surface area contributed by atoms with Crippen LogP contribution in [0.3, 0.4) is 0 Å². The maximum Gasteiger partial charge on any atom is 0.0299 e. The zero-order valence-electron chi connectivity index (χ0n) is 14.9. The van der Waals surface area contributed by atoms with Crippen molar-refractivity contribution < 1.29 is 0 Å². The summed E-state index contributed by atoms with van der Waals surface area (Å²) in [6.07, 6.45) is 1.16. The Morgan fingerprint density at radius 3 is 1.90 bits per heavy atom. The average Bonchev–Trinajstić information content (AvgIpc) is 2.18. The van der Waals surface area contributed by atoms with Crippen molar-refractivity contribution >= 4 is 0 Å². The smallest absolute Gasteiger partial charge is 0.0299 e. The molecule has 1 N–H and O–H groups in total. The fourth-order valence-corrected chi connectivity index (χ4v) is 3.49. The monoisotopic (exact) mass is 275 g/mol. The van der Waals surface area contributed by atoms with Gasteiger partial charge in [0.1, 0.15) is 0 Å². The van der Waals surface area contributed by atoms with Gasteiger partial charge in [0.25, 0.3) is 0 Å². The molecular formula is C19H33N. The molecule has 1 aromatic carbocycles. The van der Waals surface area contributed by atoms with Gasteiger partial charge >= 0.3 is 0 Å². The van der Waals surface area contributed by atoms with Crippen LogP contribution in [-0.2, 0) is 0 Å². The third-order valence-corrected chi connectivity index (χ3v) is 3.93. The van der Waals surface area contributed by atoms with Crippen molar-refractivity contribution in [1.82, 2.24) is 5.32 Å². The molecule has 0 aliphatic rings. The lowest BCUT2D eigenvalue weighted by atomic mass is 9.81. The second-order valence-corrected chi connectivity index (χ2v) is 8.28. The molecule has 1 aromatic rings. The first-order valence-electron chi connectivity index (χ1n) is 7.77. The Balaban J connectivity index is 2.91. The van der Waals surface area contributed by atoms with E-state index in [9.17, 15) is 0 Å². The molecular weight excluding hydrogens is 242 g/mol. The fourth-order valence-electron chi connectivity index (χ4n) is 3.49. The molecule has 0 heterocycles. The Bertz CT molecular complexity index is 463. The Morgan fingerprint density at radius 1 is 0.900 bits per heavy atom. The Hall–Kier alpha value is -0.820. The standard InChI is InChI=1S/C19H33N/c1-13-10-15(3)17(11-14(13)2)16(4)20-19(8,9)12-18(5,6)7/h10-11,16,20H,12H2,1-9H3. The zero-order chi connectivity index (χ0) is 15.7. The number of nitrogens with one attached hydrogen (secondary N) is 1. The van der Waals surface area contributed by atoms with E-state index in [0.29, 0.717) is 11.5 Å². The van der Waals surface area contributed by atoms with Crippen LogP contribution in [0.25, 0.3) is 0 Å². The number of hydrogen-bond donors (Lipinski definition) is 1. The summed E-state index contributed by atoms with van der Waals surface area (Å²) >= 11 is 0. The molecule has 0 aliphatic carbocycles. The Labute approximate surface area is 126 Å². The summed E-state index contributed by atoms with van der Waals surface area (Å²) in [5.41, 5.74) is 6.06. The fraction of sp³-hybridized carbons (Fsp3) is 0.684. The van der Waals surface area contributed by atoms with Gasteiger partial charge in [-0.15, -0.1) is 0 Å². The molecule has 1 rings (SSSR count). The Morgan fingerprint density at radius 2 is 1.40 bits per heavy atom. The molecule has 0 fully saturated rings. The second-order valence-electron chi connectivity index (χ2n) is 8.28. The molecule has 0 radical (unpaired) electrons. The molecule has 0 saturated carbocycles. The van der Waals surface area contributed by atoms with Crippen molar-refractivity contribution in [2.45, 2.75) is 80.3 Å². The molecule has 0 spiro atoms. The summed E-state index contributed by atoms with van der Waals surface area (Å²) in [5, 5.41) is 3.82. The number of hydrogen-bond acceptors (Lipinski definition) is 1. The zero-order valence-corrected chi connectivity index (χ0v) is 14.9. The first-order chi connectivity index (χ1) is 8.91. The highest BCUT2D eigenvalue weighted by atomic mass is 15.0. The van der Waals surface area contributed by atoms with E-state index in [1.807, 2.05) is 0 Å². The van der Waals surface area contributed by atoms with Crippen LogP contribution in [0.4, 0.5) is 0 Å². The summed E-state index contributed by atoms with van der Waals surface area (Å²) < 4.78 is 0. The normalized spacial score (nSPS) is 14.4. The van der Waals surface area contributed by atoms with E-state index in [0.717, 1.165) is 6.42 Å². The van der Waals surface area contributed by atoms with Crippen LogP contribution in [0.1, 0.15) is 76.3 Å². The molecule has 1 atom stereocenters. The van der Waals surface area contributed by atoms with Crippen molar-refractivity contribution in [3.63, 3.8) is 0 Å². The maximum atomic E-state index is 3.82. The molecule has 0 aliphatic heterocycles. The van der Waals surface area contributed by atoms with Gasteiger partial charge in [-0.25, -0.2) is 0 Å². The number of rotatable bonds is 4. The van der Waals surface area contributed by atoms with Crippen molar-refractivity contribution in [3.8, 4) is 0 Å². The topological polar surface area (TPSA) is 12.0 Å². The largest absolute Gasteiger partial charge is 0.305 e. The molecule has 1 nitrogen and oxygen atoms in total. The van der Waals surface area contributed by atoms with E-state index < -0.39 is 0 Å². The van der Waals surface area contributed by atoms with Crippen molar-refractivity contribution in [1.29, 1.82) is 0 Å². The molecule has 0 saturated heterocycles. The predicted octanol–water partition coefficient (Wildman–Crippen LogP) is 5.48. The van der Waals surface area contributed by atoms with Crippen LogP contribution in [0, 0.1) is 26.2 Å². The molecule has 1 heteroatoms. The summed E-state index contributed by atoms with van der Waals surface area (Å²) in [4.78, 5) is 0. The van der Waals surface area contributed by atoms with Crippen LogP contribution in [0.2, 0.25) is 0 Å². The number of benzene rings is 1. The van der Waals surface area contributed by atoms with Gasteiger partial charge in [-0.3, -0.25) is 0 Å². The van der Waals surface area contributed by atoms with Crippen LogP contribution in [-0.4, -0.2) is 5.54 Å². The minimum atomic E-state index is 0.142. The maximum absolute atomic E-state index is 3.82. The minimum absolute atomic E-state index is 0.142. The van der Waals surface area contributed by atoms with E-state index in [-0.39, 0.29) is 5.54 Å². The molecule has 0 aromatic heterocycles.